The summed E-state index contributed by atoms with van der Waals surface area (Å²) in [6, 6.07) is 6.06. The van der Waals surface area contributed by atoms with E-state index in [0.717, 1.165) is 31.4 Å². The van der Waals surface area contributed by atoms with Crippen LogP contribution in [0.2, 0.25) is 0 Å². The van der Waals surface area contributed by atoms with Gasteiger partial charge in [0.25, 0.3) is 0 Å². The molecule has 0 unspecified atom stereocenters. The van der Waals surface area contributed by atoms with E-state index in [-0.39, 0.29) is 17.7 Å². The van der Waals surface area contributed by atoms with Gasteiger partial charge in [-0.15, -0.1) is 0 Å². The van der Waals surface area contributed by atoms with Gasteiger partial charge in [-0.25, -0.2) is 0 Å². The Morgan fingerprint density at radius 2 is 2.00 bits per heavy atom. The molecule has 0 spiro atoms. The quantitative estimate of drug-likeness (QED) is 0.877. The van der Waals surface area contributed by atoms with Gasteiger partial charge in [-0.3, -0.25) is 4.79 Å². The van der Waals surface area contributed by atoms with E-state index in [1.165, 1.54) is 12.1 Å². The molecule has 22 heavy (non-hydrogen) atoms. The fraction of sp³-hybridized carbons (Fsp3) is 0.533. The number of halogens is 3. The van der Waals surface area contributed by atoms with E-state index in [0.29, 0.717) is 6.54 Å². The van der Waals surface area contributed by atoms with Crippen molar-refractivity contribution in [3.05, 3.63) is 29.8 Å². The summed E-state index contributed by atoms with van der Waals surface area (Å²) < 4.78 is 40.7. The number of carbonyl (C=O) groups is 1. The zero-order chi connectivity index (χ0) is 16.0. The number of amides is 1. The number of ether oxygens (including phenoxy) is 1. The molecule has 7 heteroatoms. The number of hydrogen-bond donors (Lipinski definition) is 2. The number of benzene rings is 1. The molecule has 1 saturated heterocycles. The summed E-state index contributed by atoms with van der Waals surface area (Å²) in [5, 5.41) is 5.98. The van der Waals surface area contributed by atoms with Crippen LogP contribution in [0.15, 0.2) is 24.3 Å². The zero-order valence-electron chi connectivity index (χ0n) is 12.1. The number of carbonyl (C=O) groups excluding carboxylic acids is 1. The predicted octanol–water partition coefficient (Wildman–Crippen LogP) is 2.39. The van der Waals surface area contributed by atoms with Crippen molar-refractivity contribution < 1.29 is 22.7 Å². The van der Waals surface area contributed by atoms with Crippen molar-refractivity contribution in [1.29, 1.82) is 0 Å². The highest BCUT2D eigenvalue weighted by Crippen LogP contribution is 2.18. The molecule has 122 valence electrons. The lowest BCUT2D eigenvalue weighted by Crippen LogP contribution is -2.46. The second-order valence-electron chi connectivity index (χ2n) is 5.27. The first-order chi connectivity index (χ1) is 10.4. The molecule has 1 aliphatic rings. The smallest absolute Gasteiger partial charge is 0.422 e. The van der Waals surface area contributed by atoms with E-state index in [1.54, 1.807) is 12.1 Å². The van der Waals surface area contributed by atoms with E-state index in [1.807, 2.05) is 0 Å². The van der Waals surface area contributed by atoms with E-state index >= 15 is 0 Å². The summed E-state index contributed by atoms with van der Waals surface area (Å²) in [4.78, 5) is 11.9. The Bertz CT molecular complexity index is 483. The molecule has 0 aromatic heterocycles. The Morgan fingerprint density at radius 1 is 1.27 bits per heavy atom. The molecular formula is C15H19F3N2O2. The minimum atomic E-state index is -4.35. The van der Waals surface area contributed by atoms with Crippen LogP contribution in [0.1, 0.15) is 24.8 Å². The third-order valence-corrected chi connectivity index (χ3v) is 3.42. The van der Waals surface area contributed by atoms with E-state index in [4.69, 9.17) is 0 Å². The number of piperidine rings is 1. The Kier molecular flexibility index (Phi) is 5.65. The van der Waals surface area contributed by atoms with Crippen LogP contribution in [0.3, 0.4) is 0 Å². The van der Waals surface area contributed by atoms with Crippen LogP contribution in [0.4, 0.5) is 13.2 Å². The first kappa shape index (κ1) is 16.6. The molecule has 1 atom stereocenters. The van der Waals surface area contributed by atoms with E-state index in [9.17, 15) is 18.0 Å². The Morgan fingerprint density at radius 3 is 2.59 bits per heavy atom. The van der Waals surface area contributed by atoms with Crippen molar-refractivity contribution in [2.75, 3.05) is 13.2 Å². The molecule has 0 bridgehead atoms. The minimum absolute atomic E-state index is 0.0444. The topological polar surface area (TPSA) is 50.4 Å². The molecule has 2 N–H and O–H groups in total. The molecule has 1 heterocycles. The second kappa shape index (κ2) is 7.49. The average molecular weight is 316 g/mol. The van der Waals surface area contributed by atoms with Crippen LogP contribution in [0, 0.1) is 0 Å². The summed E-state index contributed by atoms with van der Waals surface area (Å²) >= 11 is 0. The largest absolute Gasteiger partial charge is 0.484 e. The minimum Gasteiger partial charge on any atom is -0.484 e. The van der Waals surface area contributed by atoms with E-state index < -0.39 is 12.8 Å². The molecule has 0 radical (unpaired) electrons. The van der Waals surface area contributed by atoms with Crippen LogP contribution in [-0.4, -0.2) is 31.3 Å². The Labute approximate surface area is 127 Å². The third kappa shape index (κ3) is 5.55. The highest BCUT2D eigenvalue weighted by molar-refractivity contribution is 5.81. The van der Waals surface area contributed by atoms with Gasteiger partial charge in [-0.1, -0.05) is 18.6 Å². The fourth-order valence-electron chi connectivity index (χ4n) is 2.26. The molecule has 1 aromatic rings. The highest BCUT2D eigenvalue weighted by Gasteiger charge is 2.28. The lowest BCUT2D eigenvalue weighted by molar-refractivity contribution is -0.153. The molecule has 1 aromatic carbocycles. The number of nitrogens with one attached hydrogen (secondary N) is 2. The van der Waals surface area contributed by atoms with Crippen molar-refractivity contribution in [3.63, 3.8) is 0 Å². The SMILES string of the molecule is O=C(NCc1ccc(OCC(F)(F)F)cc1)[C@@H]1CCCCN1. The van der Waals surface area contributed by atoms with Crippen LogP contribution in [0.5, 0.6) is 5.75 Å². The standard InChI is InChI=1S/C15H19F3N2O2/c16-15(17,18)10-22-12-6-4-11(5-7-12)9-20-14(21)13-3-1-2-8-19-13/h4-7,13,19H,1-3,8-10H2,(H,20,21)/t13-/m0/s1. The van der Waals surface area contributed by atoms with Gasteiger partial charge in [0.1, 0.15) is 5.75 Å². The van der Waals surface area contributed by atoms with Crippen LogP contribution < -0.4 is 15.4 Å². The summed E-state index contributed by atoms with van der Waals surface area (Å²) in [6.45, 7) is -0.115. The number of rotatable bonds is 5. The molecular weight excluding hydrogens is 297 g/mol. The summed E-state index contributed by atoms with van der Waals surface area (Å²) in [5.41, 5.74) is 0.809. The van der Waals surface area contributed by atoms with Crippen molar-refractivity contribution in [2.45, 2.75) is 38.0 Å². The summed E-state index contributed by atoms with van der Waals surface area (Å²) in [5.74, 6) is 0.110. The monoisotopic (exact) mass is 316 g/mol. The van der Waals surface area contributed by atoms with Gasteiger partial charge in [0.05, 0.1) is 6.04 Å². The van der Waals surface area contributed by atoms with Crippen LogP contribution >= 0.6 is 0 Å². The maximum absolute atomic E-state index is 12.0. The van der Waals surface area contributed by atoms with Gasteiger partial charge in [-0.2, -0.15) is 13.2 Å². The highest BCUT2D eigenvalue weighted by atomic mass is 19.4. The van der Waals surface area contributed by atoms with Crippen LogP contribution in [0.25, 0.3) is 0 Å². The lowest BCUT2D eigenvalue weighted by Gasteiger charge is -2.22. The zero-order valence-corrected chi connectivity index (χ0v) is 12.1. The number of alkyl halides is 3. The van der Waals surface area contributed by atoms with Crippen LogP contribution in [-0.2, 0) is 11.3 Å². The summed E-state index contributed by atoms with van der Waals surface area (Å²) in [6.07, 6.45) is -1.39. The predicted molar refractivity (Wildman–Crippen MR) is 75.5 cm³/mol. The van der Waals surface area contributed by atoms with Gasteiger partial charge in [0.2, 0.25) is 5.91 Å². The Balaban J connectivity index is 1.77. The van der Waals surface area contributed by atoms with Crippen molar-refractivity contribution in [1.82, 2.24) is 10.6 Å². The Hall–Kier alpha value is -1.76. The molecule has 0 aliphatic carbocycles. The maximum Gasteiger partial charge on any atom is 0.422 e. The van der Waals surface area contributed by atoms with Crippen molar-refractivity contribution in [2.24, 2.45) is 0 Å². The average Bonchev–Trinajstić information content (AvgIpc) is 2.52. The normalized spacial score (nSPS) is 18.8. The molecule has 1 aliphatic heterocycles. The molecule has 4 nitrogen and oxygen atoms in total. The van der Waals surface area contributed by atoms with Gasteiger partial charge >= 0.3 is 6.18 Å². The van der Waals surface area contributed by atoms with Gasteiger partial charge in [0, 0.05) is 6.54 Å². The van der Waals surface area contributed by atoms with Gasteiger partial charge in [0.15, 0.2) is 6.61 Å². The number of hydrogen-bond acceptors (Lipinski definition) is 3. The first-order valence-electron chi connectivity index (χ1n) is 7.24. The molecule has 1 amide bonds. The van der Waals surface area contributed by atoms with E-state index in [2.05, 4.69) is 15.4 Å². The first-order valence-corrected chi connectivity index (χ1v) is 7.24. The van der Waals surface area contributed by atoms with Crippen molar-refractivity contribution in [3.8, 4) is 5.75 Å². The molecule has 1 fully saturated rings. The summed E-state index contributed by atoms with van der Waals surface area (Å²) in [7, 11) is 0. The second-order valence-corrected chi connectivity index (χ2v) is 5.27. The molecule has 2 rings (SSSR count). The maximum atomic E-state index is 12.0. The third-order valence-electron chi connectivity index (χ3n) is 3.42. The van der Waals surface area contributed by atoms with Crippen molar-refractivity contribution >= 4 is 5.91 Å². The fourth-order valence-corrected chi connectivity index (χ4v) is 2.26. The van der Waals surface area contributed by atoms with Gasteiger partial charge in [-0.05, 0) is 37.1 Å². The molecule has 0 saturated carbocycles. The van der Waals surface area contributed by atoms with Gasteiger partial charge < -0.3 is 15.4 Å². The lowest BCUT2D eigenvalue weighted by atomic mass is 10.0.